The maximum Gasteiger partial charge on any atom is 0.271 e. The van der Waals surface area contributed by atoms with Crippen LogP contribution in [-0.2, 0) is 0 Å². The van der Waals surface area contributed by atoms with Crippen LogP contribution in [0.2, 0.25) is 0 Å². The predicted molar refractivity (Wildman–Crippen MR) is 100 cm³/mol. The van der Waals surface area contributed by atoms with Crippen molar-refractivity contribution in [3.63, 3.8) is 0 Å². The summed E-state index contributed by atoms with van der Waals surface area (Å²) in [5.41, 5.74) is 3.35. The summed E-state index contributed by atoms with van der Waals surface area (Å²) < 4.78 is 2.95. The first kappa shape index (κ1) is 17.7. The fraction of sp³-hybridized carbons (Fsp3) is 0. The zero-order valence-corrected chi connectivity index (χ0v) is 17.1. The molecule has 0 aliphatic rings. The quantitative estimate of drug-likeness (QED) is 0.404. The Morgan fingerprint density at radius 3 is 2.45 bits per heavy atom. The number of aromatic hydroxyl groups is 1. The SMILES string of the molecule is O=C(N/N=C\c1cc(Br)cc(Br)c1O)c1ccc(Br)c(Br)c1. The molecule has 2 rings (SSSR count). The molecular formula is C14H8Br4N2O2. The summed E-state index contributed by atoms with van der Waals surface area (Å²) in [5, 5.41) is 13.7. The van der Waals surface area contributed by atoms with Gasteiger partial charge in [0.2, 0.25) is 0 Å². The van der Waals surface area contributed by atoms with Crippen LogP contribution in [0.3, 0.4) is 0 Å². The van der Waals surface area contributed by atoms with Crippen LogP contribution in [0.4, 0.5) is 0 Å². The lowest BCUT2D eigenvalue weighted by molar-refractivity contribution is 0.0955. The largest absolute Gasteiger partial charge is 0.506 e. The van der Waals surface area contributed by atoms with Crippen LogP contribution in [0.15, 0.2) is 53.3 Å². The van der Waals surface area contributed by atoms with Crippen molar-refractivity contribution in [3.05, 3.63) is 59.3 Å². The van der Waals surface area contributed by atoms with E-state index in [1.54, 1.807) is 30.3 Å². The number of hydrogen-bond donors (Lipinski definition) is 2. The van der Waals surface area contributed by atoms with Crippen molar-refractivity contribution in [1.29, 1.82) is 0 Å². The summed E-state index contributed by atoms with van der Waals surface area (Å²) in [7, 11) is 0. The standard InChI is InChI=1S/C14H8Br4N2O2/c15-9-3-8(13(21)12(18)5-9)6-19-20-14(22)7-1-2-10(16)11(17)4-7/h1-6,21H,(H,20,22)/b19-6-. The summed E-state index contributed by atoms with van der Waals surface area (Å²) in [6.45, 7) is 0. The number of nitrogens with one attached hydrogen (secondary N) is 1. The number of hydrogen-bond acceptors (Lipinski definition) is 3. The number of halogens is 4. The molecular weight excluding hydrogens is 548 g/mol. The first-order valence-electron chi connectivity index (χ1n) is 5.85. The van der Waals surface area contributed by atoms with Gasteiger partial charge in [0.25, 0.3) is 5.91 Å². The second-order valence-electron chi connectivity index (χ2n) is 4.15. The molecule has 114 valence electrons. The van der Waals surface area contributed by atoms with Crippen LogP contribution in [0.25, 0.3) is 0 Å². The van der Waals surface area contributed by atoms with Crippen LogP contribution >= 0.6 is 63.7 Å². The molecule has 1 amide bonds. The number of hydrazone groups is 1. The number of nitrogens with zero attached hydrogens (tertiary/aromatic N) is 1. The molecule has 0 saturated carbocycles. The molecule has 0 bridgehead atoms. The Balaban J connectivity index is 2.12. The summed E-state index contributed by atoms with van der Waals surface area (Å²) in [4.78, 5) is 12.0. The molecule has 0 fully saturated rings. The van der Waals surface area contributed by atoms with Crippen LogP contribution in [-0.4, -0.2) is 17.2 Å². The molecule has 0 aliphatic heterocycles. The van der Waals surface area contributed by atoms with Gasteiger partial charge in [-0.05, 0) is 78.1 Å². The average Bonchev–Trinajstić information content (AvgIpc) is 2.46. The van der Waals surface area contributed by atoms with Crippen molar-refractivity contribution < 1.29 is 9.90 Å². The molecule has 2 aromatic rings. The third-order valence-corrected chi connectivity index (χ3v) is 5.55. The monoisotopic (exact) mass is 552 g/mol. The third kappa shape index (κ3) is 4.41. The van der Waals surface area contributed by atoms with Gasteiger partial charge in [-0.15, -0.1) is 0 Å². The number of amides is 1. The van der Waals surface area contributed by atoms with E-state index in [-0.39, 0.29) is 11.7 Å². The zero-order chi connectivity index (χ0) is 16.3. The lowest BCUT2D eigenvalue weighted by atomic mass is 10.2. The van der Waals surface area contributed by atoms with Gasteiger partial charge in [-0.3, -0.25) is 4.79 Å². The van der Waals surface area contributed by atoms with E-state index in [0.717, 1.165) is 13.4 Å². The minimum atomic E-state index is -0.349. The topological polar surface area (TPSA) is 61.7 Å². The van der Waals surface area contributed by atoms with Crippen molar-refractivity contribution in [2.45, 2.75) is 0 Å². The lowest BCUT2D eigenvalue weighted by Gasteiger charge is -2.04. The van der Waals surface area contributed by atoms with Crippen molar-refractivity contribution in [1.82, 2.24) is 5.43 Å². The van der Waals surface area contributed by atoms with E-state index < -0.39 is 0 Å². The Morgan fingerprint density at radius 2 is 1.77 bits per heavy atom. The molecule has 0 heterocycles. The first-order valence-corrected chi connectivity index (χ1v) is 9.02. The van der Waals surface area contributed by atoms with Gasteiger partial charge in [0.1, 0.15) is 5.75 Å². The minimum absolute atomic E-state index is 0.0487. The van der Waals surface area contributed by atoms with E-state index in [1.165, 1.54) is 6.21 Å². The lowest BCUT2D eigenvalue weighted by Crippen LogP contribution is -2.17. The molecule has 2 N–H and O–H groups in total. The summed E-state index contributed by atoms with van der Waals surface area (Å²) in [6.07, 6.45) is 1.37. The Labute approximate surface area is 160 Å². The number of benzene rings is 2. The van der Waals surface area contributed by atoms with Gasteiger partial charge in [-0.25, -0.2) is 5.43 Å². The minimum Gasteiger partial charge on any atom is -0.506 e. The van der Waals surface area contributed by atoms with Crippen LogP contribution in [0, 0.1) is 0 Å². The first-order chi connectivity index (χ1) is 10.4. The molecule has 0 unspecified atom stereocenters. The van der Waals surface area contributed by atoms with Gasteiger partial charge in [0.15, 0.2) is 0 Å². The molecule has 4 nitrogen and oxygen atoms in total. The van der Waals surface area contributed by atoms with Crippen LogP contribution < -0.4 is 5.43 Å². The fourth-order valence-corrected chi connectivity index (χ4v) is 3.43. The van der Waals surface area contributed by atoms with E-state index in [4.69, 9.17) is 0 Å². The number of phenols is 1. The molecule has 8 heteroatoms. The number of carbonyl (C=O) groups excluding carboxylic acids is 1. The predicted octanol–water partition coefficient (Wildman–Crippen LogP) is 5.21. The smallest absolute Gasteiger partial charge is 0.271 e. The molecule has 0 aromatic heterocycles. The van der Waals surface area contributed by atoms with Gasteiger partial charge >= 0.3 is 0 Å². The molecule has 2 aromatic carbocycles. The van der Waals surface area contributed by atoms with Gasteiger partial charge in [0, 0.05) is 24.5 Å². The zero-order valence-electron chi connectivity index (χ0n) is 10.8. The second kappa shape index (κ2) is 7.72. The normalized spacial score (nSPS) is 10.9. The molecule has 22 heavy (non-hydrogen) atoms. The number of rotatable bonds is 3. The number of phenolic OH excluding ortho intramolecular Hbond substituents is 1. The summed E-state index contributed by atoms with van der Waals surface area (Å²) >= 11 is 13.2. The Kier molecular flexibility index (Phi) is 6.19. The van der Waals surface area contributed by atoms with Crippen molar-refractivity contribution in [2.75, 3.05) is 0 Å². The summed E-state index contributed by atoms with van der Waals surface area (Å²) in [6, 6.07) is 8.52. The highest BCUT2D eigenvalue weighted by molar-refractivity contribution is 9.13. The van der Waals surface area contributed by atoms with Gasteiger partial charge in [-0.2, -0.15) is 5.10 Å². The fourth-order valence-electron chi connectivity index (χ4n) is 1.55. The van der Waals surface area contributed by atoms with Crippen molar-refractivity contribution in [2.24, 2.45) is 5.10 Å². The maximum atomic E-state index is 12.0. The van der Waals surface area contributed by atoms with E-state index in [1.807, 2.05) is 0 Å². The van der Waals surface area contributed by atoms with E-state index >= 15 is 0 Å². The Morgan fingerprint density at radius 1 is 1.05 bits per heavy atom. The van der Waals surface area contributed by atoms with Crippen LogP contribution in [0.5, 0.6) is 5.75 Å². The van der Waals surface area contributed by atoms with Gasteiger partial charge in [-0.1, -0.05) is 15.9 Å². The highest BCUT2D eigenvalue weighted by Crippen LogP contribution is 2.30. The molecule has 0 radical (unpaired) electrons. The summed E-state index contributed by atoms with van der Waals surface area (Å²) in [5.74, 6) is -0.300. The molecule has 0 saturated heterocycles. The van der Waals surface area contributed by atoms with Gasteiger partial charge in [0.05, 0.1) is 10.7 Å². The van der Waals surface area contributed by atoms with E-state index in [2.05, 4.69) is 74.2 Å². The molecule has 0 atom stereocenters. The Bertz CT molecular complexity index is 763. The highest BCUT2D eigenvalue weighted by atomic mass is 79.9. The molecule has 0 spiro atoms. The number of carbonyl (C=O) groups is 1. The maximum absolute atomic E-state index is 12.0. The average molecular weight is 556 g/mol. The third-order valence-electron chi connectivity index (χ3n) is 2.61. The van der Waals surface area contributed by atoms with Crippen molar-refractivity contribution in [3.8, 4) is 5.75 Å². The van der Waals surface area contributed by atoms with Gasteiger partial charge < -0.3 is 5.11 Å². The second-order valence-corrected chi connectivity index (χ2v) is 7.63. The van der Waals surface area contributed by atoms with Crippen molar-refractivity contribution >= 4 is 75.8 Å². The highest BCUT2D eigenvalue weighted by Gasteiger charge is 2.08. The molecule has 0 aliphatic carbocycles. The van der Waals surface area contributed by atoms with Crippen LogP contribution in [0.1, 0.15) is 15.9 Å². The Hall–Kier alpha value is -0.700. The van der Waals surface area contributed by atoms with E-state index in [9.17, 15) is 9.90 Å². The van der Waals surface area contributed by atoms with E-state index in [0.29, 0.717) is 15.6 Å².